The maximum Gasteiger partial charge on any atom is 0.229 e. The molecule has 13 atom stereocenters. The molecule has 0 aromatic heterocycles. The lowest BCUT2D eigenvalue weighted by atomic mass is 9.41. The van der Waals surface area contributed by atoms with Gasteiger partial charge in [0, 0.05) is 12.3 Å². The molecule has 0 amide bonds. The number of phenols is 1. The molecule has 3 fully saturated rings. The van der Waals surface area contributed by atoms with Gasteiger partial charge in [0.2, 0.25) is 6.29 Å². The van der Waals surface area contributed by atoms with Gasteiger partial charge in [-0.15, -0.1) is 0 Å². The Morgan fingerprint density at radius 1 is 1.06 bits per heavy atom. The van der Waals surface area contributed by atoms with Crippen molar-refractivity contribution in [2.24, 2.45) is 22.7 Å². The molecule has 1 aliphatic heterocycles. The number of carbonyl (C=O) groups excluding carboxylic acids is 1. The van der Waals surface area contributed by atoms with E-state index in [-0.39, 0.29) is 36.0 Å². The minimum absolute atomic E-state index is 0.0153. The van der Waals surface area contributed by atoms with Crippen molar-refractivity contribution in [3.8, 4) is 11.5 Å². The summed E-state index contributed by atoms with van der Waals surface area (Å²) in [6.07, 6.45) is -6.22. The number of aliphatic hydroxyl groups excluding tert-OH is 6. The van der Waals surface area contributed by atoms with Crippen molar-refractivity contribution >= 4 is 5.78 Å². The molecular formula is C35H52O12. The molecule has 12 heteroatoms. The van der Waals surface area contributed by atoms with E-state index in [4.69, 9.17) is 9.47 Å². The summed E-state index contributed by atoms with van der Waals surface area (Å²) in [4.78, 5) is 14.6. The molecule has 5 rings (SSSR count). The normalized spacial score (nSPS) is 42.4. The summed E-state index contributed by atoms with van der Waals surface area (Å²) in [6.45, 7) is 11.4. The van der Waals surface area contributed by atoms with E-state index in [2.05, 4.69) is 0 Å². The number of fused-ring (bicyclic) bond motifs is 5. The molecule has 2 saturated carbocycles. The second kappa shape index (κ2) is 11.7. The number of benzene rings is 1. The lowest BCUT2D eigenvalue weighted by Gasteiger charge is -2.62. The fourth-order valence-electron chi connectivity index (χ4n) is 9.72. The molecule has 12 nitrogen and oxygen atoms in total. The highest BCUT2D eigenvalue weighted by Crippen LogP contribution is 2.72. The Labute approximate surface area is 275 Å². The van der Waals surface area contributed by atoms with E-state index in [0.717, 1.165) is 5.56 Å². The maximum atomic E-state index is 14.6. The van der Waals surface area contributed by atoms with Gasteiger partial charge in [-0.1, -0.05) is 26.0 Å². The number of ether oxygens (including phenoxy) is 2. The van der Waals surface area contributed by atoms with Crippen LogP contribution in [-0.2, 0) is 21.4 Å². The van der Waals surface area contributed by atoms with Crippen LogP contribution in [0.3, 0.4) is 0 Å². The number of phenolic OH excluding ortho intramolecular Hbond substituents is 1. The van der Waals surface area contributed by atoms with Crippen molar-refractivity contribution < 1.29 is 60.2 Å². The van der Waals surface area contributed by atoms with E-state index >= 15 is 0 Å². The summed E-state index contributed by atoms with van der Waals surface area (Å²) in [7, 11) is 0. The molecule has 3 aliphatic carbocycles. The topological polar surface area (TPSA) is 218 Å². The van der Waals surface area contributed by atoms with Gasteiger partial charge in [0.25, 0.3) is 0 Å². The van der Waals surface area contributed by atoms with E-state index in [1.807, 2.05) is 20.8 Å². The zero-order chi connectivity index (χ0) is 35.2. The van der Waals surface area contributed by atoms with Crippen molar-refractivity contribution in [2.45, 2.75) is 134 Å². The molecule has 1 aromatic rings. The fraction of sp³-hybridized carbons (Fsp3) is 0.743. The summed E-state index contributed by atoms with van der Waals surface area (Å²) >= 11 is 0. The minimum Gasteiger partial charge on any atom is -0.504 e. The maximum absolute atomic E-state index is 14.6. The molecule has 3 unspecified atom stereocenters. The van der Waals surface area contributed by atoms with Crippen LogP contribution in [0.2, 0.25) is 0 Å². The van der Waals surface area contributed by atoms with E-state index in [0.29, 0.717) is 24.0 Å². The first kappa shape index (κ1) is 36.2. The van der Waals surface area contributed by atoms with Crippen LogP contribution >= 0.6 is 0 Å². The largest absolute Gasteiger partial charge is 0.504 e. The third-order valence-electron chi connectivity index (χ3n) is 12.5. The van der Waals surface area contributed by atoms with Crippen LogP contribution in [0, 0.1) is 29.6 Å². The summed E-state index contributed by atoms with van der Waals surface area (Å²) in [5, 5.41) is 96.6. The second-order valence-corrected chi connectivity index (χ2v) is 15.9. The number of hydrogen-bond acceptors (Lipinski definition) is 12. The van der Waals surface area contributed by atoms with E-state index in [1.54, 1.807) is 13.0 Å². The van der Waals surface area contributed by atoms with Crippen molar-refractivity contribution in [1.29, 1.82) is 0 Å². The number of aromatic hydroxyl groups is 1. The first-order valence-electron chi connectivity index (χ1n) is 16.4. The van der Waals surface area contributed by atoms with E-state index < -0.39 is 82.9 Å². The Hall–Kier alpha value is -2.13. The van der Waals surface area contributed by atoms with Gasteiger partial charge in [-0.2, -0.15) is 0 Å². The van der Waals surface area contributed by atoms with Crippen molar-refractivity contribution in [1.82, 2.24) is 0 Å². The number of hydrogen-bond donors (Lipinski definition) is 9. The van der Waals surface area contributed by atoms with Gasteiger partial charge in [0.15, 0.2) is 11.5 Å². The van der Waals surface area contributed by atoms with Crippen LogP contribution in [0.4, 0.5) is 0 Å². The Balaban J connectivity index is 1.55. The highest BCUT2D eigenvalue weighted by molar-refractivity contribution is 5.93. The smallest absolute Gasteiger partial charge is 0.229 e. The fourth-order valence-corrected chi connectivity index (χ4v) is 9.72. The standard InChI is InChI=1S/C35H52O12/c1-16-17-8-9-22-32(4)13-19(37)29(35(7,45)23(38)10-11-31(2,3)44)33(32,5)14-24(39)34(22,6)18(17)12-20(25(16)40)46-30-28(43)27(42)26(41)21(15-36)47-30/h10-12,19,21-23,26-30,36-38,40-45H,8-9,13-15H2,1-7H3/b11-10+/t19-,21-,22?,23?,26-,27+,28-,29?,30-,32+,33-,34+,35+/m1/s1. The third-order valence-corrected chi connectivity index (χ3v) is 12.5. The molecule has 1 saturated heterocycles. The monoisotopic (exact) mass is 664 g/mol. The quantitative estimate of drug-likeness (QED) is 0.182. The summed E-state index contributed by atoms with van der Waals surface area (Å²) in [6, 6.07) is 1.55. The van der Waals surface area contributed by atoms with Crippen LogP contribution in [0.15, 0.2) is 18.2 Å². The zero-order valence-corrected chi connectivity index (χ0v) is 28.2. The minimum atomic E-state index is -1.84. The average Bonchev–Trinajstić information content (AvgIpc) is 3.19. The lowest BCUT2D eigenvalue weighted by molar-refractivity contribution is -0.277. The average molecular weight is 665 g/mol. The molecule has 0 radical (unpaired) electrons. The number of aliphatic hydroxyl groups is 8. The Kier molecular flexibility index (Phi) is 9.03. The van der Waals surface area contributed by atoms with Crippen molar-refractivity contribution in [3.05, 3.63) is 34.9 Å². The van der Waals surface area contributed by atoms with Gasteiger partial charge in [0.1, 0.15) is 36.3 Å². The summed E-state index contributed by atoms with van der Waals surface area (Å²) in [5.41, 5.74) is -3.93. The summed E-state index contributed by atoms with van der Waals surface area (Å²) in [5.74, 6) is -1.68. The molecule has 9 N–H and O–H groups in total. The van der Waals surface area contributed by atoms with Crippen LogP contribution in [0.1, 0.15) is 77.5 Å². The SMILES string of the molecule is Cc1c(O)c(O[C@@H]2O[C@H](CO)[C@@H](O)[C@H](O)[C@H]2O)cc2c1CCC1[C@@]2(C)C(=O)C[C@]2(C)C([C@@](C)(O)C(O)/C=C/C(C)(C)O)[C@H](O)C[C@@]12C. The first-order valence-corrected chi connectivity index (χ1v) is 16.4. The zero-order valence-electron chi connectivity index (χ0n) is 28.2. The van der Waals surface area contributed by atoms with Crippen LogP contribution in [0.5, 0.6) is 11.5 Å². The predicted molar refractivity (Wildman–Crippen MR) is 168 cm³/mol. The van der Waals surface area contributed by atoms with Crippen LogP contribution in [0.25, 0.3) is 0 Å². The number of Topliss-reactive ketones (excluding diaryl/α,β-unsaturated/α-hetero) is 1. The summed E-state index contributed by atoms with van der Waals surface area (Å²) < 4.78 is 11.4. The molecule has 0 bridgehead atoms. The van der Waals surface area contributed by atoms with Crippen LogP contribution < -0.4 is 4.74 Å². The van der Waals surface area contributed by atoms with Gasteiger partial charge in [0.05, 0.1) is 29.3 Å². The Bertz CT molecular complexity index is 1420. The molecule has 1 heterocycles. The molecule has 1 aromatic carbocycles. The number of ketones is 1. The van der Waals surface area contributed by atoms with E-state index in [1.165, 1.54) is 32.9 Å². The number of carbonyl (C=O) groups is 1. The molecule has 0 spiro atoms. The molecular weight excluding hydrogens is 612 g/mol. The van der Waals surface area contributed by atoms with E-state index in [9.17, 15) is 50.8 Å². The third kappa shape index (κ3) is 5.35. The molecule has 4 aliphatic rings. The highest BCUT2D eigenvalue weighted by atomic mass is 16.7. The second-order valence-electron chi connectivity index (χ2n) is 15.9. The first-order chi connectivity index (χ1) is 21.6. The number of rotatable bonds is 7. The highest BCUT2D eigenvalue weighted by Gasteiger charge is 2.73. The van der Waals surface area contributed by atoms with Gasteiger partial charge < -0.3 is 55.4 Å². The van der Waals surface area contributed by atoms with Crippen LogP contribution in [-0.4, -0.2) is 112 Å². The van der Waals surface area contributed by atoms with Gasteiger partial charge in [-0.25, -0.2) is 0 Å². The Morgan fingerprint density at radius 3 is 2.30 bits per heavy atom. The van der Waals surface area contributed by atoms with Crippen molar-refractivity contribution in [3.63, 3.8) is 0 Å². The molecule has 264 valence electrons. The van der Waals surface area contributed by atoms with Gasteiger partial charge in [-0.05, 0) is 93.4 Å². The molecule has 47 heavy (non-hydrogen) atoms. The van der Waals surface area contributed by atoms with Gasteiger partial charge >= 0.3 is 0 Å². The predicted octanol–water partition coefficient (Wildman–Crippen LogP) is 0.505. The van der Waals surface area contributed by atoms with Gasteiger partial charge in [-0.3, -0.25) is 4.79 Å². The van der Waals surface area contributed by atoms with Crippen molar-refractivity contribution in [2.75, 3.05) is 6.61 Å². The Morgan fingerprint density at radius 2 is 1.70 bits per heavy atom. The lowest BCUT2D eigenvalue weighted by Crippen LogP contribution is -2.64.